The summed E-state index contributed by atoms with van der Waals surface area (Å²) in [5, 5.41) is 9.84. The van der Waals surface area contributed by atoms with Crippen LogP contribution in [0, 0.1) is 0 Å². The maximum Gasteiger partial charge on any atom is 0.262 e. The molecule has 0 bridgehead atoms. The largest absolute Gasteiger partial charge is 0.482 e. The van der Waals surface area contributed by atoms with Crippen molar-refractivity contribution in [1.29, 1.82) is 0 Å². The van der Waals surface area contributed by atoms with Crippen LogP contribution in [0.3, 0.4) is 0 Å². The number of hydrogen-bond acceptors (Lipinski definition) is 5. The molecule has 0 unspecified atom stereocenters. The van der Waals surface area contributed by atoms with Crippen molar-refractivity contribution in [1.82, 2.24) is 10.5 Å². The molecule has 1 aromatic carbocycles. The number of benzene rings is 1. The van der Waals surface area contributed by atoms with E-state index in [0.717, 1.165) is 16.9 Å². The van der Waals surface area contributed by atoms with Crippen LogP contribution >= 0.6 is 0 Å². The van der Waals surface area contributed by atoms with E-state index in [1.54, 1.807) is 6.26 Å². The van der Waals surface area contributed by atoms with Crippen LogP contribution < -0.4 is 15.4 Å². The molecule has 19 heavy (non-hydrogen) atoms. The van der Waals surface area contributed by atoms with E-state index in [2.05, 4.69) is 15.8 Å². The Morgan fingerprint density at radius 1 is 1.32 bits per heavy atom. The van der Waals surface area contributed by atoms with Gasteiger partial charge in [0.2, 0.25) is 0 Å². The molecule has 6 heteroatoms. The third-order valence-electron chi connectivity index (χ3n) is 2.80. The van der Waals surface area contributed by atoms with Gasteiger partial charge < -0.3 is 19.9 Å². The van der Waals surface area contributed by atoms with Crippen LogP contribution in [0.15, 0.2) is 35.1 Å². The summed E-state index contributed by atoms with van der Waals surface area (Å²) in [7, 11) is 0. The Bertz CT molecular complexity index is 581. The molecule has 0 saturated carbocycles. The minimum atomic E-state index is -0.125. The predicted molar refractivity (Wildman–Crippen MR) is 67.6 cm³/mol. The van der Waals surface area contributed by atoms with E-state index in [-0.39, 0.29) is 12.5 Å². The van der Waals surface area contributed by atoms with E-state index >= 15 is 0 Å². The summed E-state index contributed by atoms with van der Waals surface area (Å²) in [5.74, 6) is 0.583. The van der Waals surface area contributed by atoms with E-state index in [1.807, 2.05) is 24.3 Å². The Morgan fingerprint density at radius 2 is 2.26 bits per heavy atom. The van der Waals surface area contributed by atoms with Crippen LogP contribution in [0.1, 0.15) is 11.3 Å². The smallest absolute Gasteiger partial charge is 0.262 e. The molecule has 0 atom stereocenters. The summed E-state index contributed by atoms with van der Waals surface area (Å²) in [6.45, 7) is 1.39. The average Bonchev–Trinajstić information content (AvgIpc) is 2.91. The second-order valence-corrected chi connectivity index (χ2v) is 4.26. The fourth-order valence-corrected chi connectivity index (χ4v) is 1.90. The fraction of sp³-hybridized carbons (Fsp3) is 0.231. The maximum absolute atomic E-state index is 11.2. The Kier molecular flexibility index (Phi) is 3.16. The van der Waals surface area contributed by atoms with Gasteiger partial charge in [-0.15, -0.1) is 0 Å². The summed E-state index contributed by atoms with van der Waals surface area (Å²) in [4.78, 5) is 11.2. The van der Waals surface area contributed by atoms with Crippen molar-refractivity contribution in [3.8, 4) is 5.75 Å². The summed E-state index contributed by atoms with van der Waals surface area (Å²) < 4.78 is 10.0. The van der Waals surface area contributed by atoms with Crippen LogP contribution in [-0.4, -0.2) is 17.7 Å². The van der Waals surface area contributed by atoms with Crippen molar-refractivity contribution in [2.75, 3.05) is 11.9 Å². The summed E-state index contributed by atoms with van der Waals surface area (Å²) in [6.07, 6.45) is 1.54. The lowest BCUT2D eigenvalue weighted by atomic mass is 10.1. The van der Waals surface area contributed by atoms with Gasteiger partial charge in [0.25, 0.3) is 5.91 Å². The fourth-order valence-electron chi connectivity index (χ4n) is 1.90. The Labute approximate surface area is 109 Å². The molecule has 1 aromatic heterocycles. The highest BCUT2D eigenvalue weighted by molar-refractivity contribution is 5.95. The second kappa shape index (κ2) is 5.11. The van der Waals surface area contributed by atoms with Crippen molar-refractivity contribution < 1.29 is 14.1 Å². The zero-order chi connectivity index (χ0) is 13.1. The van der Waals surface area contributed by atoms with Gasteiger partial charge in [0.15, 0.2) is 6.61 Å². The number of ether oxygens (including phenoxy) is 1. The van der Waals surface area contributed by atoms with Crippen molar-refractivity contribution in [2.24, 2.45) is 0 Å². The Balaban J connectivity index is 1.62. The van der Waals surface area contributed by atoms with Crippen LogP contribution in [0.5, 0.6) is 5.75 Å². The van der Waals surface area contributed by atoms with E-state index in [9.17, 15) is 4.79 Å². The molecule has 1 aliphatic heterocycles. The molecule has 0 aliphatic carbocycles. The zero-order valence-corrected chi connectivity index (χ0v) is 10.2. The molecule has 2 heterocycles. The van der Waals surface area contributed by atoms with Crippen molar-refractivity contribution >= 4 is 11.6 Å². The standard InChI is InChI=1S/C13H13N3O3/c17-13-8-18-12-2-1-9(5-11(12)15-13)6-14-7-10-3-4-19-16-10/h1-5,14H,6-8H2,(H,15,17). The van der Waals surface area contributed by atoms with Gasteiger partial charge >= 0.3 is 0 Å². The van der Waals surface area contributed by atoms with Crippen molar-refractivity contribution in [3.63, 3.8) is 0 Å². The van der Waals surface area contributed by atoms with Crippen LogP contribution in [0.4, 0.5) is 5.69 Å². The molecule has 0 fully saturated rings. The van der Waals surface area contributed by atoms with Gasteiger partial charge in [-0.1, -0.05) is 11.2 Å². The molecule has 3 rings (SSSR count). The first-order valence-corrected chi connectivity index (χ1v) is 5.97. The van der Waals surface area contributed by atoms with Crippen LogP contribution in [0.2, 0.25) is 0 Å². The van der Waals surface area contributed by atoms with Crippen molar-refractivity contribution in [3.05, 3.63) is 41.8 Å². The highest BCUT2D eigenvalue weighted by Crippen LogP contribution is 2.28. The van der Waals surface area contributed by atoms with Crippen LogP contribution in [0.25, 0.3) is 0 Å². The molecule has 0 spiro atoms. The molecular formula is C13H13N3O3. The molecule has 0 saturated heterocycles. The number of anilines is 1. The van der Waals surface area contributed by atoms with E-state index in [1.165, 1.54) is 0 Å². The van der Waals surface area contributed by atoms with E-state index in [4.69, 9.17) is 9.26 Å². The molecule has 2 N–H and O–H groups in total. The number of nitrogens with zero attached hydrogens (tertiary/aromatic N) is 1. The molecule has 1 amide bonds. The lowest BCUT2D eigenvalue weighted by Crippen LogP contribution is -2.25. The van der Waals surface area contributed by atoms with E-state index < -0.39 is 0 Å². The summed E-state index contributed by atoms with van der Waals surface area (Å²) >= 11 is 0. The number of hydrogen-bond donors (Lipinski definition) is 2. The first kappa shape index (κ1) is 11.7. The molecule has 2 aromatic rings. The quantitative estimate of drug-likeness (QED) is 0.865. The third-order valence-corrected chi connectivity index (χ3v) is 2.80. The summed E-state index contributed by atoms with van der Waals surface area (Å²) in [5.41, 5.74) is 2.64. The normalized spacial score (nSPS) is 13.6. The highest BCUT2D eigenvalue weighted by atomic mass is 16.5. The molecule has 1 aliphatic rings. The number of nitrogens with one attached hydrogen (secondary N) is 2. The molecule has 98 valence electrons. The van der Waals surface area contributed by atoms with Gasteiger partial charge in [0, 0.05) is 19.2 Å². The first-order valence-electron chi connectivity index (χ1n) is 5.97. The van der Waals surface area contributed by atoms with Gasteiger partial charge in [-0.25, -0.2) is 0 Å². The lowest BCUT2D eigenvalue weighted by molar-refractivity contribution is -0.118. The summed E-state index contributed by atoms with van der Waals surface area (Å²) in [6, 6.07) is 7.55. The number of rotatable bonds is 4. The van der Waals surface area contributed by atoms with Gasteiger partial charge in [0.1, 0.15) is 12.0 Å². The number of aromatic nitrogens is 1. The lowest BCUT2D eigenvalue weighted by Gasteiger charge is -2.18. The number of carbonyl (C=O) groups is 1. The zero-order valence-electron chi connectivity index (χ0n) is 10.2. The molecule has 6 nitrogen and oxygen atoms in total. The van der Waals surface area contributed by atoms with Gasteiger partial charge in [-0.3, -0.25) is 4.79 Å². The Hall–Kier alpha value is -2.34. The number of amides is 1. The number of fused-ring (bicyclic) bond motifs is 1. The van der Waals surface area contributed by atoms with Gasteiger partial charge in [-0.05, 0) is 17.7 Å². The third kappa shape index (κ3) is 2.74. The van der Waals surface area contributed by atoms with Crippen molar-refractivity contribution in [2.45, 2.75) is 13.1 Å². The number of carbonyl (C=O) groups excluding carboxylic acids is 1. The monoisotopic (exact) mass is 259 g/mol. The maximum atomic E-state index is 11.2. The minimum absolute atomic E-state index is 0.0801. The average molecular weight is 259 g/mol. The van der Waals surface area contributed by atoms with Gasteiger partial charge in [-0.2, -0.15) is 0 Å². The highest BCUT2D eigenvalue weighted by Gasteiger charge is 2.15. The minimum Gasteiger partial charge on any atom is -0.482 e. The Morgan fingerprint density at radius 3 is 3.11 bits per heavy atom. The molecule has 0 radical (unpaired) electrons. The topological polar surface area (TPSA) is 76.4 Å². The molecular weight excluding hydrogens is 246 g/mol. The first-order chi connectivity index (χ1) is 9.31. The second-order valence-electron chi connectivity index (χ2n) is 4.26. The van der Waals surface area contributed by atoms with Crippen LogP contribution in [-0.2, 0) is 17.9 Å². The SMILES string of the molecule is O=C1COc2ccc(CNCc3ccon3)cc2N1. The predicted octanol–water partition coefficient (Wildman–Crippen LogP) is 1.30. The van der Waals surface area contributed by atoms with Gasteiger partial charge in [0.05, 0.1) is 11.4 Å². The van der Waals surface area contributed by atoms with E-state index in [0.29, 0.717) is 18.8 Å².